The molecule has 0 atom stereocenters. The zero-order valence-electron chi connectivity index (χ0n) is 13.7. The molecule has 0 aromatic heterocycles. The van der Waals surface area contributed by atoms with Crippen LogP contribution in [0.4, 0.5) is 0 Å². The lowest BCUT2D eigenvalue weighted by Gasteiger charge is -2.04. The second kappa shape index (κ2) is 9.16. The van der Waals surface area contributed by atoms with Gasteiger partial charge < -0.3 is 5.11 Å². The van der Waals surface area contributed by atoms with E-state index in [1.807, 2.05) is 54.6 Å². The third-order valence-electron chi connectivity index (χ3n) is 3.60. The van der Waals surface area contributed by atoms with Crippen LogP contribution in [0.5, 0.6) is 5.75 Å². The van der Waals surface area contributed by atoms with Crippen LogP contribution < -0.4 is 0 Å². The van der Waals surface area contributed by atoms with Gasteiger partial charge in [0.05, 0.1) is 0 Å². The van der Waals surface area contributed by atoms with E-state index in [2.05, 4.69) is 37.4 Å². The lowest BCUT2D eigenvalue weighted by Crippen LogP contribution is -1.84. The van der Waals surface area contributed by atoms with E-state index < -0.39 is 0 Å². The maximum atomic E-state index is 9.19. The van der Waals surface area contributed by atoms with E-state index in [4.69, 9.17) is 0 Å². The largest absolute Gasteiger partial charge is 0.508 e. The maximum Gasteiger partial charge on any atom is 0.119 e. The minimum Gasteiger partial charge on any atom is -0.508 e. The second-order valence-electron chi connectivity index (χ2n) is 5.33. The Hall–Kier alpha value is -3.06. The fraction of sp³-hybridized carbons (Fsp3) is 0.0435. The van der Waals surface area contributed by atoms with Gasteiger partial charge in [0, 0.05) is 0 Å². The van der Waals surface area contributed by atoms with Crippen molar-refractivity contribution < 1.29 is 5.11 Å². The molecule has 0 amide bonds. The minimum absolute atomic E-state index is 0.349. The van der Waals surface area contributed by atoms with Gasteiger partial charge in [-0.2, -0.15) is 0 Å². The van der Waals surface area contributed by atoms with E-state index in [0.29, 0.717) is 5.75 Å². The number of allylic oxidation sites excluding steroid dienone is 1. The van der Waals surface area contributed by atoms with Gasteiger partial charge in [0.2, 0.25) is 0 Å². The predicted molar refractivity (Wildman–Crippen MR) is 103 cm³/mol. The van der Waals surface area contributed by atoms with Crippen molar-refractivity contribution >= 4 is 5.57 Å². The molecule has 0 aliphatic rings. The lowest BCUT2D eigenvalue weighted by molar-refractivity contribution is 0.470. The van der Waals surface area contributed by atoms with Gasteiger partial charge in [-0.3, -0.25) is 0 Å². The third kappa shape index (κ3) is 4.99. The van der Waals surface area contributed by atoms with Crippen molar-refractivity contribution in [1.82, 2.24) is 0 Å². The summed E-state index contributed by atoms with van der Waals surface area (Å²) in [5.41, 5.74) is 4.36. The lowest BCUT2D eigenvalue weighted by atomic mass is 10.0. The Balaban J connectivity index is 0.000000185. The topological polar surface area (TPSA) is 20.2 Å². The van der Waals surface area contributed by atoms with Crippen molar-refractivity contribution in [2.75, 3.05) is 0 Å². The molecule has 0 fully saturated rings. The summed E-state index contributed by atoms with van der Waals surface area (Å²) in [5.74, 6) is 0.349. The van der Waals surface area contributed by atoms with Crippen LogP contribution in [0.25, 0.3) is 5.57 Å². The van der Waals surface area contributed by atoms with Crippen molar-refractivity contribution in [2.24, 2.45) is 0 Å². The molecule has 3 aromatic carbocycles. The Labute approximate surface area is 144 Å². The second-order valence-corrected chi connectivity index (χ2v) is 5.33. The SMILES string of the molecule is C=C(c1ccccc1)c1ccccc1.C=CCc1ccccc1O. The fourth-order valence-electron chi connectivity index (χ4n) is 2.28. The summed E-state index contributed by atoms with van der Waals surface area (Å²) in [5, 5.41) is 9.19. The highest BCUT2D eigenvalue weighted by Gasteiger charge is 1.99. The van der Waals surface area contributed by atoms with Crippen LogP contribution in [-0.2, 0) is 6.42 Å². The van der Waals surface area contributed by atoms with Gasteiger partial charge in [0.1, 0.15) is 5.75 Å². The Morgan fingerprint density at radius 1 is 0.750 bits per heavy atom. The van der Waals surface area contributed by atoms with E-state index in [1.54, 1.807) is 12.1 Å². The Kier molecular flexibility index (Phi) is 6.60. The zero-order chi connectivity index (χ0) is 17.2. The molecule has 0 saturated heterocycles. The molecule has 24 heavy (non-hydrogen) atoms. The van der Waals surface area contributed by atoms with Crippen LogP contribution in [0.1, 0.15) is 16.7 Å². The maximum absolute atomic E-state index is 9.19. The summed E-state index contributed by atoms with van der Waals surface area (Å²) in [7, 11) is 0. The highest BCUT2D eigenvalue weighted by atomic mass is 16.3. The van der Waals surface area contributed by atoms with E-state index in [0.717, 1.165) is 17.6 Å². The molecule has 1 nitrogen and oxygen atoms in total. The molecule has 0 radical (unpaired) electrons. The van der Waals surface area contributed by atoms with Gasteiger partial charge in [-0.05, 0) is 34.8 Å². The zero-order valence-corrected chi connectivity index (χ0v) is 13.7. The van der Waals surface area contributed by atoms with E-state index >= 15 is 0 Å². The van der Waals surface area contributed by atoms with Gasteiger partial charge in [-0.15, -0.1) is 6.58 Å². The number of rotatable bonds is 4. The van der Waals surface area contributed by atoms with Crippen LogP contribution in [0, 0.1) is 0 Å². The summed E-state index contributed by atoms with van der Waals surface area (Å²) >= 11 is 0. The number of benzene rings is 3. The smallest absolute Gasteiger partial charge is 0.119 e. The van der Waals surface area contributed by atoms with E-state index in [-0.39, 0.29) is 0 Å². The summed E-state index contributed by atoms with van der Waals surface area (Å²) in [6.45, 7) is 7.68. The van der Waals surface area contributed by atoms with Gasteiger partial charge in [-0.25, -0.2) is 0 Å². The Morgan fingerprint density at radius 2 is 1.21 bits per heavy atom. The van der Waals surface area contributed by atoms with Gasteiger partial charge in [0.25, 0.3) is 0 Å². The average Bonchev–Trinajstić information content (AvgIpc) is 2.65. The molecule has 120 valence electrons. The van der Waals surface area contributed by atoms with Crippen LogP contribution in [-0.4, -0.2) is 5.11 Å². The first kappa shape index (κ1) is 17.3. The molecule has 0 spiro atoms. The molecular weight excluding hydrogens is 292 g/mol. The van der Waals surface area contributed by atoms with Crippen LogP contribution >= 0.6 is 0 Å². The number of para-hydroxylation sites is 1. The quantitative estimate of drug-likeness (QED) is 0.597. The highest BCUT2D eigenvalue weighted by Crippen LogP contribution is 2.20. The summed E-state index contributed by atoms with van der Waals surface area (Å²) in [6, 6.07) is 27.7. The molecule has 1 N–H and O–H groups in total. The van der Waals surface area contributed by atoms with Crippen molar-refractivity contribution in [3.63, 3.8) is 0 Å². The number of hydrogen-bond donors (Lipinski definition) is 1. The summed E-state index contributed by atoms with van der Waals surface area (Å²) in [6.07, 6.45) is 2.50. The number of phenols is 1. The Morgan fingerprint density at radius 3 is 1.67 bits per heavy atom. The number of aromatic hydroxyl groups is 1. The van der Waals surface area contributed by atoms with Crippen molar-refractivity contribution in [3.05, 3.63) is 121 Å². The van der Waals surface area contributed by atoms with Crippen molar-refractivity contribution in [2.45, 2.75) is 6.42 Å². The summed E-state index contributed by atoms with van der Waals surface area (Å²) in [4.78, 5) is 0. The monoisotopic (exact) mass is 314 g/mol. The summed E-state index contributed by atoms with van der Waals surface area (Å²) < 4.78 is 0. The third-order valence-corrected chi connectivity index (χ3v) is 3.60. The fourth-order valence-corrected chi connectivity index (χ4v) is 2.28. The molecule has 0 bridgehead atoms. The van der Waals surface area contributed by atoms with Gasteiger partial charge in [-0.1, -0.05) is 91.5 Å². The Bertz CT molecular complexity index is 732. The van der Waals surface area contributed by atoms with Gasteiger partial charge >= 0.3 is 0 Å². The number of phenolic OH excluding ortho intramolecular Hbond substituents is 1. The van der Waals surface area contributed by atoms with Crippen molar-refractivity contribution in [3.8, 4) is 5.75 Å². The molecule has 0 saturated carbocycles. The van der Waals surface area contributed by atoms with Crippen LogP contribution in [0.2, 0.25) is 0 Å². The minimum atomic E-state index is 0.349. The normalized spacial score (nSPS) is 9.50. The molecule has 0 aliphatic carbocycles. The van der Waals surface area contributed by atoms with E-state index in [9.17, 15) is 5.11 Å². The standard InChI is InChI=1S/C14H12.C9H10O/c1-12(13-8-4-2-5-9-13)14-10-6-3-7-11-14;1-2-5-8-6-3-4-7-9(8)10/h2-11H,1H2;2-4,6-7,10H,1,5H2. The molecule has 0 heterocycles. The predicted octanol–water partition coefficient (Wildman–Crippen LogP) is 5.87. The average molecular weight is 314 g/mol. The van der Waals surface area contributed by atoms with Crippen LogP contribution in [0.15, 0.2) is 104 Å². The first-order valence-electron chi connectivity index (χ1n) is 7.90. The molecule has 0 unspecified atom stereocenters. The highest BCUT2D eigenvalue weighted by molar-refractivity contribution is 5.77. The molecule has 1 heteroatoms. The van der Waals surface area contributed by atoms with Gasteiger partial charge in [0.15, 0.2) is 0 Å². The van der Waals surface area contributed by atoms with Crippen molar-refractivity contribution in [1.29, 1.82) is 0 Å². The van der Waals surface area contributed by atoms with E-state index in [1.165, 1.54) is 11.1 Å². The van der Waals surface area contributed by atoms with Crippen LogP contribution in [0.3, 0.4) is 0 Å². The first-order valence-corrected chi connectivity index (χ1v) is 7.90. The number of hydrogen-bond acceptors (Lipinski definition) is 1. The molecule has 3 rings (SSSR count). The molecular formula is C23H22O. The first-order chi connectivity index (χ1) is 11.7. The molecule has 3 aromatic rings. The molecule has 0 aliphatic heterocycles.